The van der Waals surface area contributed by atoms with Crippen molar-refractivity contribution in [1.82, 2.24) is 14.8 Å². The van der Waals surface area contributed by atoms with Crippen LogP contribution < -0.4 is 0 Å². The van der Waals surface area contributed by atoms with E-state index in [1.807, 2.05) is 6.92 Å². The van der Waals surface area contributed by atoms with Gasteiger partial charge in [-0.3, -0.25) is 9.67 Å². The lowest BCUT2D eigenvalue weighted by Crippen LogP contribution is -2.07. The maximum absolute atomic E-state index is 12.4. The minimum absolute atomic E-state index is 0.413. The molecule has 0 bridgehead atoms. The Labute approximate surface area is 113 Å². The predicted molar refractivity (Wildman–Crippen MR) is 67.3 cm³/mol. The van der Waals surface area contributed by atoms with Crippen molar-refractivity contribution in [2.24, 2.45) is 0 Å². The molecule has 0 aliphatic carbocycles. The minimum atomic E-state index is -4.31. The molecule has 0 fully saturated rings. The van der Waals surface area contributed by atoms with Crippen LogP contribution in [0.5, 0.6) is 0 Å². The molecule has 0 aliphatic heterocycles. The molecule has 1 aromatic carbocycles. The van der Waals surface area contributed by atoms with Gasteiger partial charge in [0.1, 0.15) is 5.82 Å². The fourth-order valence-corrected chi connectivity index (χ4v) is 1.98. The van der Waals surface area contributed by atoms with Gasteiger partial charge in [-0.05, 0) is 29.9 Å². The Balaban J connectivity index is 2.25. The number of alkyl halides is 3. The number of nitrogens with zero attached hydrogens (tertiary/aromatic N) is 2. The first-order valence-electron chi connectivity index (χ1n) is 5.72. The van der Waals surface area contributed by atoms with Gasteiger partial charge in [0.2, 0.25) is 0 Å². The van der Waals surface area contributed by atoms with Gasteiger partial charge in [0.15, 0.2) is 4.77 Å². The Morgan fingerprint density at radius 1 is 1.26 bits per heavy atom. The third-order valence-electron chi connectivity index (χ3n) is 2.78. The lowest BCUT2D eigenvalue weighted by Gasteiger charge is -2.09. The van der Waals surface area contributed by atoms with Crippen molar-refractivity contribution in [2.75, 3.05) is 0 Å². The van der Waals surface area contributed by atoms with E-state index >= 15 is 0 Å². The normalized spacial score (nSPS) is 11.8. The van der Waals surface area contributed by atoms with Crippen molar-refractivity contribution < 1.29 is 13.2 Å². The number of benzene rings is 1. The third kappa shape index (κ3) is 3.04. The van der Waals surface area contributed by atoms with Crippen LogP contribution in [0.2, 0.25) is 0 Å². The summed E-state index contributed by atoms with van der Waals surface area (Å²) in [6, 6.07) is 5.06. The average Bonchev–Trinajstić information content (AvgIpc) is 2.70. The molecule has 102 valence electrons. The number of aromatic amines is 1. The van der Waals surface area contributed by atoms with Crippen LogP contribution >= 0.6 is 12.2 Å². The number of H-pyrrole nitrogens is 1. The van der Waals surface area contributed by atoms with Crippen LogP contribution in [0.1, 0.15) is 23.9 Å². The molecule has 1 heterocycles. The molecule has 7 heteroatoms. The van der Waals surface area contributed by atoms with Crippen LogP contribution in [0.3, 0.4) is 0 Å². The molecule has 0 saturated carbocycles. The number of hydrogen-bond donors (Lipinski definition) is 1. The summed E-state index contributed by atoms with van der Waals surface area (Å²) in [5.41, 5.74) is 0.1000. The van der Waals surface area contributed by atoms with E-state index in [4.69, 9.17) is 12.2 Å². The van der Waals surface area contributed by atoms with Gasteiger partial charge in [0.05, 0.1) is 12.1 Å². The summed E-state index contributed by atoms with van der Waals surface area (Å²) in [5, 5.41) is 6.73. The molecular weight excluding hydrogens is 275 g/mol. The van der Waals surface area contributed by atoms with Gasteiger partial charge in [-0.2, -0.15) is 18.3 Å². The smallest absolute Gasteiger partial charge is 0.300 e. The topological polar surface area (TPSA) is 33.6 Å². The average molecular weight is 287 g/mol. The maximum Gasteiger partial charge on any atom is 0.416 e. The number of aromatic nitrogens is 3. The van der Waals surface area contributed by atoms with Crippen LogP contribution in [0.25, 0.3) is 0 Å². The molecule has 0 aliphatic rings. The summed E-state index contributed by atoms with van der Waals surface area (Å²) in [6.45, 7) is 2.35. The van der Waals surface area contributed by atoms with E-state index in [1.165, 1.54) is 12.1 Å². The third-order valence-corrected chi connectivity index (χ3v) is 3.09. The number of nitrogens with one attached hydrogen (secondary N) is 1. The van der Waals surface area contributed by atoms with Gasteiger partial charge in [-0.1, -0.05) is 19.1 Å². The van der Waals surface area contributed by atoms with Crippen LogP contribution in [0, 0.1) is 4.77 Å². The second-order valence-electron chi connectivity index (χ2n) is 4.08. The van der Waals surface area contributed by atoms with Crippen molar-refractivity contribution in [3.8, 4) is 0 Å². The van der Waals surface area contributed by atoms with E-state index < -0.39 is 11.7 Å². The number of halogens is 3. The zero-order chi connectivity index (χ0) is 14.0. The zero-order valence-corrected chi connectivity index (χ0v) is 11.0. The SMILES string of the molecule is CCc1n[nH]c(=S)n1Cc1ccc(C(F)(F)F)cc1. The Kier molecular flexibility index (Phi) is 3.75. The van der Waals surface area contributed by atoms with E-state index in [0.717, 1.165) is 23.5 Å². The molecule has 0 amide bonds. The Morgan fingerprint density at radius 2 is 1.89 bits per heavy atom. The van der Waals surface area contributed by atoms with E-state index in [9.17, 15) is 13.2 Å². The standard InChI is InChI=1S/C12H12F3N3S/c1-2-10-16-17-11(19)18(10)7-8-3-5-9(6-4-8)12(13,14)15/h3-6H,2,7H2,1H3,(H,17,19). The van der Waals surface area contributed by atoms with Gasteiger partial charge in [-0.25, -0.2) is 0 Å². The maximum atomic E-state index is 12.4. The van der Waals surface area contributed by atoms with E-state index in [2.05, 4.69) is 10.2 Å². The zero-order valence-electron chi connectivity index (χ0n) is 10.2. The first-order valence-corrected chi connectivity index (χ1v) is 6.13. The molecule has 3 nitrogen and oxygen atoms in total. The highest BCUT2D eigenvalue weighted by molar-refractivity contribution is 7.71. The molecule has 2 rings (SSSR count). The molecule has 2 aromatic rings. The van der Waals surface area contributed by atoms with Gasteiger partial charge < -0.3 is 0 Å². The minimum Gasteiger partial charge on any atom is -0.300 e. The van der Waals surface area contributed by atoms with Crippen LogP contribution in [0.4, 0.5) is 13.2 Å². The summed E-state index contributed by atoms with van der Waals surface area (Å²) >= 11 is 5.09. The molecular formula is C12H12F3N3S. The highest BCUT2D eigenvalue weighted by atomic mass is 32.1. The highest BCUT2D eigenvalue weighted by Crippen LogP contribution is 2.29. The Bertz CT molecular complexity index is 610. The summed E-state index contributed by atoms with van der Waals surface area (Å²) < 4.78 is 39.6. The van der Waals surface area contributed by atoms with Crippen molar-refractivity contribution in [3.05, 3.63) is 46.0 Å². The van der Waals surface area contributed by atoms with Crippen molar-refractivity contribution in [2.45, 2.75) is 26.1 Å². The first-order chi connectivity index (χ1) is 8.91. The molecule has 1 N–H and O–H groups in total. The lowest BCUT2D eigenvalue weighted by atomic mass is 10.1. The predicted octanol–water partition coefficient (Wildman–Crippen LogP) is 3.57. The van der Waals surface area contributed by atoms with Crippen molar-refractivity contribution >= 4 is 12.2 Å². The monoisotopic (exact) mass is 287 g/mol. The summed E-state index contributed by atoms with van der Waals surface area (Å²) in [5.74, 6) is 0.782. The van der Waals surface area contributed by atoms with E-state index in [0.29, 0.717) is 17.7 Å². The second kappa shape index (κ2) is 5.16. The Morgan fingerprint density at radius 3 is 2.42 bits per heavy atom. The first kappa shape index (κ1) is 13.8. The van der Waals surface area contributed by atoms with Crippen LogP contribution in [-0.2, 0) is 19.1 Å². The number of aryl methyl sites for hydroxylation is 1. The molecule has 0 unspecified atom stereocenters. The highest BCUT2D eigenvalue weighted by Gasteiger charge is 2.29. The number of rotatable bonds is 3. The van der Waals surface area contributed by atoms with Crippen LogP contribution in [-0.4, -0.2) is 14.8 Å². The molecule has 0 saturated heterocycles. The quantitative estimate of drug-likeness (QED) is 0.876. The van der Waals surface area contributed by atoms with Crippen LogP contribution in [0.15, 0.2) is 24.3 Å². The van der Waals surface area contributed by atoms with Gasteiger partial charge >= 0.3 is 6.18 Å². The molecule has 19 heavy (non-hydrogen) atoms. The lowest BCUT2D eigenvalue weighted by molar-refractivity contribution is -0.137. The fraction of sp³-hybridized carbons (Fsp3) is 0.333. The molecule has 0 radical (unpaired) electrons. The second-order valence-corrected chi connectivity index (χ2v) is 4.47. The largest absolute Gasteiger partial charge is 0.416 e. The van der Waals surface area contributed by atoms with Crippen molar-refractivity contribution in [3.63, 3.8) is 0 Å². The van der Waals surface area contributed by atoms with Gasteiger partial charge in [-0.15, -0.1) is 0 Å². The summed E-state index contributed by atoms with van der Waals surface area (Å²) in [7, 11) is 0. The van der Waals surface area contributed by atoms with Crippen molar-refractivity contribution in [1.29, 1.82) is 0 Å². The molecule has 0 atom stereocenters. The summed E-state index contributed by atoms with van der Waals surface area (Å²) in [6.07, 6.45) is -3.60. The Hall–Kier alpha value is -1.63. The number of hydrogen-bond acceptors (Lipinski definition) is 2. The molecule has 1 aromatic heterocycles. The van der Waals surface area contributed by atoms with E-state index in [-0.39, 0.29) is 0 Å². The van der Waals surface area contributed by atoms with Gasteiger partial charge in [0.25, 0.3) is 0 Å². The fourth-order valence-electron chi connectivity index (χ4n) is 1.76. The summed E-state index contributed by atoms with van der Waals surface area (Å²) in [4.78, 5) is 0. The molecule has 0 spiro atoms. The van der Waals surface area contributed by atoms with E-state index in [1.54, 1.807) is 4.57 Å². The van der Waals surface area contributed by atoms with Gasteiger partial charge in [0, 0.05) is 6.42 Å².